The summed E-state index contributed by atoms with van der Waals surface area (Å²) in [5, 5.41) is 2.12. The molecule has 0 atom stereocenters. The lowest BCUT2D eigenvalue weighted by atomic mass is 9.97. The van der Waals surface area contributed by atoms with Gasteiger partial charge in [-0.15, -0.1) is 11.3 Å². The van der Waals surface area contributed by atoms with Crippen molar-refractivity contribution in [3.05, 3.63) is 38.8 Å². The van der Waals surface area contributed by atoms with E-state index in [4.69, 9.17) is 0 Å². The Bertz CT molecular complexity index is 696. The summed E-state index contributed by atoms with van der Waals surface area (Å²) in [5.41, 5.74) is 1.32. The van der Waals surface area contributed by atoms with E-state index in [2.05, 4.69) is 42.2 Å². The molecule has 22 heavy (non-hydrogen) atoms. The lowest BCUT2D eigenvalue weighted by Crippen LogP contribution is -2.55. The van der Waals surface area contributed by atoms with Crippen LogP contribution in [0.25, 0.3) is 0 Å². The molecule has 5 nitrogen and oxygen atoms in total. The number of hydrogen-bond donors (Lipinski definition) is 0. The van der Waals surface area contributed by atoms with Gasteiger partial charge in [-0.25, -0.2) is 9.97 Å². The molecular formula is C15H15BrN4OS. The van der Waals surface area contributed by atoms with E-state index in [-0.39, 0.29) is 11.8 Å². The highest BCUT2D eigenvalue weighted by Gasteiger charge is 2.37. The van der Waals surface area contributed by atoms with E-state index in [9.17, 15) is 4.79 Å². The molecule has 1 saturated heterocycles. The third-order valence-electron chi connectivity index (χ3n) is 4.24. The van der Waals surface area contributed by atoms with E-state index in [0.717, 1.165) is 24.0 Å². The van der Waals surface area contributed by atoms with Gasteiger partial charge in [0.25, 0.3) is 0 Å². The molecule has 7 heteroatoms. The summed E-state index contributed by atoms with van der Waals surface area (Å²) in [6, 6.07) is 2.14. The minimum atomic E-state index is 0.0763. The Morgan fingerprint density at radius 3 is 2.86 bits per heavy atom. The van der Waals surface area contributed by atoms with Gasteiger partial charge in [-0.2, -0.15) is 0 Å². The fraction of sp³-hybridized carbons (Fsp3) is 0.400. The zero-order valence-corrected chi connectivity index (χ0v) is 14.3. The highest BCUT2D eigenvalue weighted by Crippen LogP contribution is 2.28. The molecule has 0 bridgehead atoms. The second kappa shape index (κ2) is 5.62. The van der Waals surface area contributed by atoms with Gasteiger partial charge in [0, 0.05) is 43.4 Å². The average molecular weight is 379 g/mol. The number of thiophene rings is 1. The number of aromatic nitrogens is 2. The molecule has 0 radical (unpaired) electrons. The van der Waals surface area contributed by atoms with Gasteiger partial charge >= 0.3 is 0 Å². The van der Waals surface area contributed by atoms with Crippen molar-refractivity contribution >= 4 is 39.1 Å². The lowest BCUT2D eigenvalue weighted by Gasteiger charge is -2.41. The Balaban J connectivity index is 1.37. The Labute approximate surface area is 141 Å². The van der Waals surface area contributed by atoms with Gasteiger partial charge in [-0.3, -0.25) is 4.79 Å². The number of halogens is 1. The van der Waals surface area contributed by atoms with Crippen molar-refractivity contribution in [1.29, 1.82) is 0 Å². The molecule has 2 aromatic heterocycles. The first-order chi connectivity index (χ1) is 10.7. The first kappa shape index (κ1) is 14.1. The van der Waals surface area contributed by atoms with E-state index in [1.165, 1.54) is 10.4 Å². The van der Waals surface area contributed by atoms with E-state index in [1.54, 1.807) is 23.7 Å². The van der Waals surface area contributed by atoms with Crippen molar-refractivity contribution in [3.8, 4) is 0 Å². The molecule has 0 unspecified atom stereocenters. The lowest BCUT2D eigenvalue weighted by molar-refractivity contribution is -0.137. The van der Waals surface area contributed by atoms with Crippen LogP contribution >= 0.6 is 27.3 Å². The number of carbonyl (C=O) groups is 1. The zero-order chi connectivity index (χ0) is 15.1. The largest absolute Gasteiger partial charge is 0.339 e. The fourth-order valence-corrected chi connectivity index (χ4v) is 4.06. The summed E-state index contributed by atoms with van der Waals surface area (Å²) in [4.78, 5) is 26.6. The number of nitrogens with zero attached hydrogens (tertiary/aromatic N) is 4. The number of rotatable bonds is 2. The number of anilines is 1. The second-order valence-electron chi connectivity index (χ2n) is 5.68. The molecular weight excluding hydrogens is 364 g/mol. The molecule has 1 amide bonds. The van der Waals surface area contributed by atoms with Crippen LogP contribution in [-0.2, 0) is 17.8 Å². The van der Waals surface area contributed by atoms with E-state index in [1.807, 2.05) is 4.90 Å². The molecule has 1 fully saturated rings. The van der Waals surface area contributed by atoms with Crippen LogP contribution in [0.1, 0.15) is 10.4 Å². The Morgan fingerprint density at radius 1 is 1.32 bits per heavy atom. The predicted molar refractivity (Wildman–Crippen MR) is 88.9 cm³/mol. The monoisotopic (exact) mass is 378 g/mol. The first-order valence-electron chi connectivity index (χ1n) is 7.27. The summed E-state index contributed by atoms with van der Waals surface area (Å²) >= 11 is 5.13. The van der Waals surface area contributed by atoms with Gasteiger partial charge in [-0.05, 0) is 39.4 Å². The summed E-state index contributed by atoms with van der Waals surface area (Å²) < 4.78 is 0.865. The van der Waals surface area contributed by atoms with Crippen LogP contribution in [0.2, 0.25) is 0 Å². The van der Waals surface area contributed by atoms with Crippen molar-refractivity contribution < 1.29 is 4.79 Å². The Morgan fingerprint density at radius 2 is 2.09 bits per heavy atom. The SMILES string of the molecule is O=C(C1CN(c2ncc(Br)cn2)C1)N1CCc2sccc2C1. The Kier molecular flexibility index (Phi) is 3.62. The molecule has 2 aliphatic rings. The van der Waals surface area contributed by atoms with Crippen LogP contribution < -0.4 is 4.90 Å². The minimum Gasteiger partial charge on any atom is -0.339 e. The van der Waals surface area contributed by atoms with Crippen LogP contribution in [0.5, 0.6) is 0 Å². The summed E-state index contributed by atoms with van der Waals surface area (Å²) in [6.07, 6.45) is 4.46. The van der Waals surface area contributed by atoms with Gasteiger partial charge in [-0.1, -0.05) is 0 Å². The molecule has 0 aliphatic carbocycles. The molecule has 4 heterocycles. The number of amides is 1. The maximum absolute atomic E-state index is 12.6. The van der Waals surface area contributed by atoms with E-state index < -0.39 is 0 Å². The molecule has 0 saturated carbocycles. The summed E-state index contributed by atoms with van der Waals surface area (Å²) in [5.74, 6) is 1.05. The zero-order valence-electron chi connectivity index (χ0n) is 11.9. The van der Waals surface area contributed by atoms with Crippen LogP contribution in [0.15, 0.2) is 28.3 Å². The fourth-order valence-electron chi connectivity index (χ4n) is 2.96. The van der Waals surface area contributed by atoms with E-state index >= 15 is 0 Å². The Hall–Kier alpha value is -1.47. The van der Waals surface area contributed by atoms with Gasteiger partial charge in [0.05, 0.1) is 10.4 Å². The third-order valence-corrected chi connectivity index (χ3v) is 5.67. The van der Waals surface area contributed by atoms with Gasteiger partial charge in [0.2, 0.25) is 11.9 Å². The standard InChI is InChI=1S/C15H15BrN4OS/c16-12-5-17-15(18-6-12)20-8-11(9-20)14(21)19-3-1-13-10(7-19)2-4-22-13/h2,4-6,11H,1,3,7-9H2. The van der Waals surface area contributed by atoms with Crippen LogP contribution in [0, 0.1) is 5.92 Å². The molecule has 2 aromatic rings. The molecule has 2 aliphatic heterocycles. The maximum atomic E-state index is 12.6. The smallest absolute Gasteiger partial charge is 0.229 e. The van der Waals surface area contributed by atoms with Crippen LogP contribution in [0.3, 0.4) is 0 Å². The van der Waals surface area contributed by atoms with Crippen molar-refractivity contribution in [3.63, 3.8) is 0 Å². The van der Waals surface area contributed by atoms with Crippen molar-refractivity contribution in [2.45, 2.75) is 13.0 Å². The summed E-state index contributed by atoms with van der Waals surface area (Å²) in [7, 11) is 0. The molecule has 0 spiro atoms. The topological polar surface area (TPSA) is 49.3 Å². The second-order valence-corrected chi connectivity index (χ2v) is 7.60. The molecule has 0 aromatic carbocycles. The first-order valence-corrected chi connectivity index (χ1v) is 8.94. The van der Waals surface area contributed by atoms with Crippen molar-refractivity contribution in [2.24, 2.45) is 5.92 Å². The number of carbonyl (C=O) groups excluding carboxylic acids is 1. The highest BCUT2D eigenvalue weighted by molar-refractivity contribution is 9.10. The van der Waals surface area contributed by atoms with Crippen LogP contribution in [0.4, 0.5) is 5.95 Å². The van der Waals surface area contributed by atoms with Gasteiger partial charge < -0.3 is 9.80 Å². The molecule has 0 N–H and O–H groups in total. The average Bonchev–Trinajstić information content (AvgIpc) is 2.95. The maximum Gasteiger partial charge on any atom is 0.229 e. The summed E-state index contributed by atoms with van der Waals surface area (Å²) in [6.45, 7) is 3.04. The van der Waals surface area contributed by atoms with Crippen LogP contribution in [-0.4, -0.2) is 40.4 Å². The number of fused-ring (bicyclic) bond motifs is 1. The van der Waals surface area contributed by atoms with Crippen molar-refractivity contribution in [1.82, 2.24) is 14.9 Å². The quantitative estimate of drug-likeness (QED) is 0.804. The van der Waals surface area contributed by atoms with Crippen molar-refractivity contribution in [2.75, 3.05) is 24.5 Å². The molecule has 4 rings (SSSR count). The highest BCUT2D eigenvalue weighted by atomic mass is 79.9. The van der Waals surface area contributed by atoms with Gasteiger partial charge in [0.1, 0.15) is 0 Å². The predicted octanol–water partition coefficient (Wildman–Crippen LogP) is 2.32. The van der Waals surface area contributed by atoms with Gasteiger partial charge in [0.15, 0.2) is 0 Å². The number of hydrogen-bond acceptors (Lipinski definition) is 5. The molecule has 114 valence electrons. The minimum absolute atomic E-state index is 0.0763. The van der Waals surface area contributed by atoms with E-state index in [0.29, 0.717) is 19.0 Å². The normalized spacial score (nSPS) is 18.0. The third kappa shape index (κ3) is 2.52.